The summed E-state index contributed by atoms with van der Waals surface area (Å²) < 4.78 is 18.3. The van der Waals surface area contributed by atoms with E-state index >= 15 is 0 Å². The predicted molar refractivity (Wildman–Crippen MR) is 35.8 cm³/mol. The summed E-state index contributed by atoms with van der Waals surface area (Å²) in [5.41, 5.74) is 0. The largest absolute Gasteiger partial charge is 0.756 e. The van der Waals surface area contributed by atoms with E-state index in [0.29, 0.717) is 0 Å². The highest BCUT2D eigenvalue weighted by Crippen LogP contribution is 2.23. The average molecular weight is 199 g/mol. The van der Waals surface area contributed by atoms with E-state index in [4.69, 9.17) is 15.3 Å². The molecule has 12 heavy (non-hydrogen) atoms. The first-order valence-electron chi connectivity index (χ1n) is 2.86. The molecule has 0 bridgehead atoms. The fourth-order valence-corrected chi connectivity index (χ4v) is 0.764. The average Bonchev–Trinajstić information content (AvgIpc) is 1.99. The van der Waals surface area contributed by atoms with Gasteiger partial charge in [-0.15, -0.1) is 9.05 Å². The Balaban J connectivity index is 3.50. The van der Waals surface area contributed by atoms with Crippen LogP contribution < -0.4 is 0 Å². The van der Waals surface area contributed by atoms with Gasteiger partial charge in [0.15, 0.2) is 0 Å². The monoisotopic (exact) mass is 199 g/mol. The van der Waals surface area contributed by atoms with Gasteiger partial charge >= 0.3 is 14.4 Å². The second-order valence-electron chi connectivity index (χ2n) is 1.71. The molecule has 0 fully saturated rings. The van der Waals surface area contributed by atoms with Crippen molar-refractivity contribution in [2.24, 2.45) is 0 Å². The Morgan fingerprint density at radius 3 is 2.58 bits per heavy atom. The summed E-state index contributed by atoms with van der Waals surface area (Å²) in [5, 5.41) is 24.8. The smallest absolute Gasteiger partial charge is 0.447 e. The topological polar surface area (TPSA) is 113 Å². The predicted octanol–water partition coefficient (Wildman–Crippen LogP) is -0.292. The van der Waals surface area contributed by atoms with Crippen LogP contribution in [-0.4, -0.2) is 40.8 Å². The molecule has 0 heterocycles. The SMILES string of the molecule is O=C(O)O[P+](=O)OCC(O)CO. The maximum atomic E-state index is 10.4. The molecule has 3 N–H and O–H groups in total. The van der Waals surface area contributed by atoms with Gasteiger partial charge in [-0.05, 0) is 0 Å². The highest BCUT2D eigenvalue weighted by atomic mass is 31.1. The van der Waals surface area contributed by atoms with Crippen molar-refractivity contribution in [2.45, 2.75) is 6.10 Å². The number of hydrogen-bond acceptors (Lipinski definition) is 6. The van der Waals surface area contributed by atoms with Gasteiger partial charge in [0.25, 0.3) is 0 Å². The number of aliphatic hydroxyl groups excluding tert-OH is 2. The molecule has 2 atom stereocenters. The molecule has 0 aliphatic heterocycles. The van der Waals surface area contributed by atoms with Gasteiger partial charge in [-0.1, -0.05) is 0 Å². The summed E-state index contributed by atoms with van der Waals surface area (Å²) in [6.07, 6.45) is -2.92. The van der Waals surface area contributed by atoms with Crippen LogP contribution in [-0.2, 0) is 13.6 Å². The second kappa shape index (κ2) is 5.84. The van der Waals surface area contributed by atoms with Crippen LogP contribution >= 0.6 is 8.25 Å². The van der Waals surface area contributed by atoms with Gasteiger partial charge in [0, 0.05) is 4.57 Å². The van der Waals surface area contributed by atoms with Crippen LogP contribution in [0.15, 0.2) is 0 Å². The number of carboxylic acid groups (broad SMARTS) is 1. The van der Waals surface area contributed by atoms with Crippen LogP contribution in [0.2, 0.25) is 0 Å². The first-order valence-corrected chi connectivity index (χ1v) is 3.95. The Kier molecular flexibility index (Phi) is 5.48. The molecular formula is C4H8O7P+. The molecule has 70 valence electrons. The second-order valence-corrected chi connectivity index (χ2v) is 2.60. The zero-order valence-electron chi connectivity index (χ0n) is 5.91. The Hall–Kier alpha value is -0.750. The van der Waals surface area contributed by atoms with Crippen molar-refractivity contribution in [2.75, 3.05) is 13.2 Å². The van der Waals surface area contributed by atoms with Crippen LogP contribution in [0.25, 0.3) is 0 Å². The first kappa shape index (κ1) is 11.2. The lowest BCUT2D eigenvalue weighted by molar-refractivity contribution is 0.0499. The molecule has 0 aromatic rings. The standard InChI is InChI=1S/C4H7O7P/c5-1-3(6)2-10-12(9)11-4(7)8/h3,5-6H,1-2H2/p+1. The van der Waals surface area contributed by atoms with Crippen molar-refractivity contribution in [1.29, 1.82) is 0 Å². The lowest BCUT2D eigenvalue weighted by Crippen LogP contribution is -2.17. The molecule has 0 rings (SSSR count). The van der Waals surface area contributed by atoms with Crippen molar-refractivity contribution >= 4 is 14.4 Å². The minimum absolute atomic E-state index is 0.445. The molecule has 2 unspecified atom stereocenters. The van der Waals surface area contributed by atoms with Gasteiger partial charge in [0.05, 0.1) is 6.61 Å². The maximum Gasteiger partial charge on any atom is 0.756 e. The van der Waals surface area contributed by atoms with E-state index in [2.05, 4.69) is 9.05 Å². The molecule has 0 saturated carbocycles. The third-order valence-corrected chi connectivity index (χ3v) is 1.40. The summed E-state index contributed by atoms with van der Waals surface area (Å²) in [7, 11) is -2.78. The van der Waals surface area contributed by atoms with Gasteiger partial charge in [-0.2, -0.15) is 4.79 Å². The molecule has 0 aromatic heterocycles. The van der Waals surface area contributed by atoms with E-state index in [9.17, 15) is 9.36 Å². The van der Waals surface area contributed by atoms with E-state index in [0.717, 1.165) is 0 Å². The Morgan fingerprint density at radius 1 is 1.58 bits per heavy atom. The van der Waals surface area contributed by atoms with Crippen LogP contribution in [0.4, 0.5) is 4.79 Å². The van der Waals surface area contributed by atoms with Crippen LogP contribution in [0.1, 0.15) is 0 Å². The van der Waals surface area contributed by atoms with Gasteiger partial charge in [0.1, 0.15) is 12.7 Å². The zero-order valence-corrected chi connectivity index (χ0v) is 6.81. The molecule has 0 radical (unpaired) electrons. The normalized spacial score (nSPS) is 13.7. The van der Waals surface area contributed by atoms with Crippen LogP contribution in [0, 0.1) is 0 Å². The van der Waals surface area contributed by atoms with Crippen molar-refractivity contribution in [3.8, 4) is 0 Å². The molecule has 0 aromatic carbocycles. The molecule has 0 saturated heterocycles. The van der Waals surface area contributed by atoms with E-state index in [1.165, 1.54) is 0 Å². The summed E-state index contributed by atoms with van der Waals surface area (Å²) in [4.78, 5) is 9.73. The Labute approximate surface area is 68.5 Å². The summed E-state index contributed by atoms with van der Waals surface area (Å²) in [6.45, 7) is -1.00. The van der Waals surface area contributed by atoms with E-state index in [-0.39, 0.29) is 0 Å². The maximum absolute atomic E-state index is 10.4. The molecule has 8 heteroatoms. The van der Waals surface area contributed by atoms with Crippen molar-refractivity contribution in [3.05, 3.63) is 0 Å². The molecule has 7 nitrogen and oxygen atoms in total. The van der Waals surface area contributed by atoms with Crippen molar-refractivity contribution in [3.63, 3.8) is 0 Å². The molecule has 0 aliphatic carbocycles. The molecule has 0 amide bonds. The number of aliphatic hydroxyl groups is 2. The van der Waals surface area contributed by atoms with Gasteiger partial charge < -0.3 is 15.3 Å². The Bertz CT molecular complexity index is 169. The molecule has 0 aliphatic rings. The Morgan fingerprint density at radius 2 is 2.17 bits per heavy atom. The summed E-state index contributed by atoms with van der Waals surface area (Å²) >= 11 is 0. The third kappa shape index (κ3) is 5.99. The summed E-state index contributed by atoms with van der Waals surface area (Å²) in [5.74, 6) is 0. The zero-order chi connectivity index (χ0) is 9.56. The molecule has 0 spiro atoms. The highest BCUT2D eigenvalue weighted by molar-refractivity contribution is 7.34. The van der Waals surface area contributed by atoms with E-state index in [1.54, 1.807) is 0 Å². The van der Waals surface area contributed by atoms with E-state index < -0.39 is 33.7 Å². The fourth-order valence-electron chi connectivity index (χ4n) is 0.290. The third-order valence-electron chi connectivity index (χ3n) is 0.736. The van der Waals surface area contributed by atoms with Gasteiger partial charge in [-0.25, -0.2) is 0 Å². The van der Waals surface area contributed by atoms with Crippen molar-refractivity contribution in [1.82, 2.24) is 0 Å². The van der Waals surface area contributed by atoms with Gasteiger partial charge in [-0.3, -0.25) is 0 Å². The van der Waals surface area contributed by atoms with Gasteiger partial charge in [0.2, 0.25) is 0 Å². The van der Waals surface area contributed by atoms with Crippen LogP contribution in [0.5, 0.6) is 0 Å². The lowest BCUT2D eigenvalue weighted by atomic mass is 10.4. The molecular weight excluding hydrogens is 191 g/mol. The number of rotatable bonds is 5. The lowest BCUT2D eigenvalue weighted by Gasteiger charge is -1.98. The van der Waals surface area contributed by atoms with Crippen molar-refractivity contribution < 1.29 is 33.7 Å². The number of carbonyl (C=O) groups is 1. The van der Waals surface area contributed by atoms with Crippen LogP contribution in [0.3, 0.4) is 0 Å². The highest BCUT2D eigenvalue weighted by Gasteiger charge is 2.27. The summed E-state index contributed by atoms with van der Waals surface area (Å²) in [6, 6.07) is 0. The van der Waals surface area contributed by atoms with E-state index in [1.807, 2.05) is 0 Å². The first-order chi connectivity index (χ1) is 5.56. The fraction of sp³-hybridized carbons (Fsp3) is 0.750. The number of hydrogen-bond donors (Lipinski definition) is 3. The minimum Gasteiger partial charge on any atom is -0.447 e. The quantitative estimate of drug-likeness (QED) is 0.521. The minimum atomic E-state index is -2.78.